The molecule has 2 amide bonds. The highest BCUT2D eigenvalue weighted by atomic mass is 32.2. The second kappa shape index (κ2) is 20.3. The molecule has 0 spiro atoms. The Morgan fingerprint density at radius 2 is 1.19 bits per heavy atom. The summed E-state index contributed by atoms with van der Waals surface area (Å²) in [5.74, 6) is -0.201. The lowest BCUT2D eigenvalue weighted by atomic mass is 9.93. The van der Waals surface area contributed by atoms with E-state index in [1.165, 1.54) is 14.2 Å². The van der Waals surface area contributed by atoms with E-state index in [0.29, 0.717) is 48.6 Å². The van der Waals surface area contributed by atoms with E-state index < -0.39 is 24.0 Å². The number of anilines is 1. The lowest BCUT2D eigenvalue weighted by molar-refractivity contribution is -0.143. The van der Waals surface area contributed by atoms with Crippen LogP contribution in [0.2, 0.25) is 0 Å². The van der Waals surface area contributed by atoms with Crippen molar-refractivity contribution in [3.63, 3.8) is 0 Å². The van der Waals surface area contributed by atoms with E-state index in [1.807, 2.05) is 92.2 Å². The summed E-state index contributed by atoms with van der Waals surface area (Å²) in [4.78, 5) is 53.8. The standard InChI is InChI=1S/C41H47N3O6S2/c1-28-11-9-10-14-33(28)35-25-30(17-20-34(35)39(46)43-37(22-24-52-5)41(48)50-3)27-44(32-12-7-6-8-13-32)26-29-15-18-31(19-16-29)38(45)42-36(21-23-51-4)40(47)49-2/h6-20,25,36-37H,21-24,26-27H2,1-5H3,(H,42,45)(H,43,46)/t36?,37-/m0/s1. The SMILES string of the molecule is COC(=O)C(CCSC)NC(=O)c1ccc(CN(Cc2ccc(C(=O)N[C@@H](CCSC)C(=O)OC)c(-c3ccccc3C)c2)c2ccccc2)cc1. The van der Waals surface area contributed by atoms with Gasteiger partial charge in [0.2, 0.25) is 0 Å². The van der Waals surface area contributed by atoms with Crippen LogP contribution in [0.1, 0.15) is 50.2 Å². The van der Waals surface area contributed by atoms with E-state index in [-0.39, 0.29) is 11.8 Å². The zero-order valence-electron chi connectivity index (χ0n) is 30.3. The van der Waals surface area contributed by atoms with Crippen LogP contribution >= 0.6 is 23.5 Å². The molecule has 0 aromatic heterocycles. The first kappa shape index (κ1) is 40.0. The minimum Gasteiger partial charge on any atom is -0.467 e. The molecule has 0 saturated carbocycles. The molecule has 0 bridgehead atoms. The predicted molar refractivity (Wildman–Crippen MR) is 212 cm³/mol. The van der Waals surface area contributed by atoms with Crippen molar-refractivity contribution in [3.05, 3.63) is 125 Å². The lowest BCUT2D eigenvalue weighted by Crippen LogP contribution is -2.42. The van der Waals surface area contributed by atoms with Gasteiger partial charge in [-0.25, -0.2) is 9.59 Å². The Hall–Kier alpha value is -4.74. The highest BCUT2D eigenvalue weighted by Gasteiger charge is 2.25. The molecule has 0 aliphatic rings. The van der Waals surface area contributed by atoms with Gasteiger partial charge in [0.25, 0.3) is 11.8 Å². The molecule has 11 heteroatoms. The number of carbonyl (C=O) groups excluding carboxylic acids is 4. The summed E-state index contributed by atoms with van der Waals surface area (Å²) in [6.07, 6.45) is 4.84. The molecule has 4 rings (SSSR count). The summed E-state index contributed by atoms with van der Waals surface area (Å²) in [6.45, 7) is 3.09. The average molecular weight is 742 g/mol. The Balaban J connectivity index is 1.62. The van der Waals surface area contributed by atoms with Gasteiger partial charge in [-0.2, -0.15) is 23.5 Å². The van der Waals surface area contributed by atoms with E-state index in [0.717, 1.165) is 33.5 Å². The number of nitrogens with zero attached hydrogens (tertiary/aromatic N) is 1. The number of aryl methyl sites for hydroxylation is 1. The number of thioether (sulfide) groups is 2. The van der Waals surface area contributed by atoms with E-state index in [9.17, 15) is 19.2 Å². The summed E-state index contributed by atoms with van der Waals surface area (Å²) in [6, 6.07) is 29.7. The summed E-state index contributed by atoms with van der Waals surface area (Å²) in [5.41, 5.74) is 6.62. The van der Waals surface area contributed by atoms with Crippen LogP contribution in [-0.2, 0) is 32.2 Å². The summed E-state index contributed by atoms with van der Waals surface area (Å²) in [5, 5.41) is 5.73. The highest BCUT2D eigenvalue weighted by Crippen LogP contribution is 2.30. The van der Waals surface area contributed by atoms with Crippen molar-refractivity contribution >= 4 is 53.0 Å². The number of nitrogens with one attached hydrogen (secondary N) is 2. The third kappa shape index (κ3) is 11.1. The molecule has 1 unspecified atom stereocenters. The van der Waals surface area contributed by atoms with Crippen molar-refractivity contribution in [1.29, 1.82) is 0 Å². The minimum absolute atomic E-state index is 0.335. The molecule has 52 heavy (non-hydrogen) atoms. The fourth-order valence-corrected chi connectivity index (χ4v) is 6.74. The third-order valence-electron chi connectivity index (χ3n) is 8.65. The number of ether oxygens (including phenoxy) is 2. The van der Waals surface area contributed by atoms with E-state index in [2.05, 4.69) is 27.7 Å². The Labute approximate surface area is 315 Å². The van der Waals surface area contributed by atoms with Crippen molar-refractivity contribution in [2.45, 2.75) is 44.9 Å². The average Bonchev–Trinajstić information content (AvgIpc) is 3.17. The maximum Gasteiger partial charge on any atom is 0.328 e. The molecule has 274 valence electrons. The second-order valence-corrected chi connectivity index (χ2v) is 14.2. The molecular weight excluding hydrogens is 695 g/mol. The lowest BCUT2D eigenvalue weighted by Gasteiger charge is -2.26. The number of methoxy groups -OCH3 is 2. The van der Waals surface area contributed by atoms with E-state index >= 15 is 0 Å². The first-order chi connectivity index (χ1) is 25.2. The number of amides is 2. The molecule has 4 aromatic carbocycles. The smallest absolute Gasteiger partial charge is 0.328 e. The number of esters is 2. The van der Waals surface area contributed by atoms with E-state index in [1.54, 1.807) is 35.7 Å². The number of hydrogen-bond donors (Lipinski definition) is 2. The van der Waals surface area contributed by atoms with Gasteiger partial charge in [-0.15, -0.1) is 0 Å². The van der Waals surface area contributed by atoms with Crippen molar-refractivity contribution in [2.24, 2.45) is 0 Å². The Bertz CT molecular complexity index is 1800. The van der Waals surface area contributed by atoms with Gasteiger partial charge >= 0.3 is 11.9 Å². The Morgan fingerprint density at radius 3 is 1.77 bits per heavy atom. The summed E-state index contributed by atoms with van der Waals surface area (Å²) in [7, 11) is 2.65. The van der Waals surface area contributed by atoms with Crippen LogP contribution in [0.25, 0.3) is 11.1 Å². The van der Waals surface area contributed by atoms with Crippen LogP contribution < -0.4 is 15.5 Å². The Kier molecular flexibility index (Phi) is 15.7. The molecule has 2 atom stereocenters. The third-order valence-corrected chi connectivity index (χ3v) is 9.94. The van der Waals surface area contributed by atoms with Crippen LogP contribution in [0.4, 0.5) is 5.69 Å². The Morgan fingerprint density at radius 1 is 0.654 bits per heavy atom. The number of para-hydroxylation sites is 1. The van der Waals surface area contributed by atoms with E-state index in [4.69, 9.17) is 9.47 Å². The van der Waals surface area contributed by atoms with Gasteiger partial charge in [0.15, 0.2) is 0 Å². The second-order valence-electron chi connectivity index (χ2n) is 12.2. The quantitative estimate of drug-likeness (QED) is 0.105. The van der Waals surface area contributed by atoms with Crippen LogP contribution in [0.3, 0.4) is 0 Å². The van der Waals surface area contributed by atoms with Crippen molar-refractivity contribution < 1.29 is 28.7 Å². The molecule has 0 heterocycles. The van der Waals surface area contributed by atoms with Crippen LogP contribution in [0.5, 0.6) is 0 Å². The molecule has 4 aromatic rings. The van der Waals surface area contributed by atoms with Gasteiger partial charge in [-0.05, 0) is 108 Å². The monoisotopic (exact) mass is 741 g/mol. The van der Waals surface area contributed by atoms with Gasteiger partial charge in [0.05, 0.1) is 14.2 Å². The summed E-state index contributed by atoms with van der Waals surface area (Å²) >= 11 is 3.20. The number of hydrogen-bond acceptors (Lipinski definition) is 9. The number of rotatable bonds is 18. The maximum atomic E-state index is 13.8. The molecule has 0 fully saturated rings. The number of benzene rings is 4. The van der Waals surface area contributed by atoms with Gasteiger partial charge < -0.3 is 25.0 Å². The van der Waals surface area contributed by atoms with Crippen molar-refractivity contribution in [2.75, 3.05) is 43.1 Å². The first-order valence-corrected chi connectivity index (χ1v) is 19.8. The molecular formula is C41H47N3O6S2. The van der Waals surface area contributed by atoms with Gasteiger partial charge in [-0.1, -0.05) is 60.7 Å². The van der Waals surface area contributed by atoms with Crippen molar-refractivity contribution in [1.82, 2.24) is 10.6 Å². The van der Waals surface area contributed by atoms with Gasteiger partial charge in [0, 0.05) is 29.9 Å². The normalized spacial score (nSPS) is 11.9. The molecule has 2 N–H and O–H groups in total. The molecule has 0 saturated heterocycles. The van der Waals surface area contributed by atoms with Crippen LogP contribution in [0, 0.1) is 6.92 Å². The highest BCUT2D eigenvalue weighted by molar-refractivity contribution is 7.98. The first-order valence-electron chi connectivity index (χ1n) is 17.0. The summed E-state index contributed by atoms with van der Waals surface area (Å²) < 4.78 is 9.88. The minimum atomic E-state index is -0.755. The molecule has 9 nitrogen and oxygen atoms in total. The zero-order valence-corrected chi connectivity index (χ0v) is 32.0. The maximum absolute atomic E-state index is 13.8. The topological polar surface area (TPSA) is 114 Å². The van der Waals surface area contributed by atoms with Crippen LogP contribution in [0.15, 0.2) is 97.1 Å². The fraction of sp³-hybridized carbons (Fsp3) is 0.317. The van der Waals surface area contributed by atoms with Gasteiger partial charge in [-0.3, -0.25) is 9.59 Å². The van der Waals surface area contributed by atoms with Gasteiger partial charge in [0.1, 0.15) is 12.1 Å². The zero-order chi connectivity index (χ0) is 37.5. The number of carbonyl (C=O) groups is 4. The predicted octanol–water partition coefficient (Wildman–Crippen LogP) is 6.92. The molecule has 0 aliphatic carbocycles. The largest absolute Gasteiger partial charge is 0.467 e. The van der Waals surface area contributed by atoms with Crippen LogP contribution in [-0.4, -0.2) is 74.1 Å². The molecule has 0 radical (unpaired) electrons. The van der Waals surface area contributed by atoms with Crippen molar-refractivity contribution in [3.8, 4) is 11.1 Å². The molecule has 0 aliphatic heterocycles. The fourth-order valence-electron chi connectivity index (χ4n) is 5.80.